The lowest BCUT2D eigenvalue weighted by Crippen LogP contribution is -1.92. The van der Waals surface area contributed by atoms with E-state index in [2.05, 4.69) is 58.5 Å². The van der Waals surface area contributed by atoms with Crippen LogP contribution in [-0.4, -0.2) is 0 Å². The van der Waals surface area contributed by atoms with Crippen molar-refractivity contribution in [3.8, 4) is 0 Å². The zero-order valence-electron chi connectivity index (χ0n) is 14.5. The Morgan fingerprint density at radius 3 is 2.22 bits per heavy atom. The minimum atomic E-state index is 0.772. The summed E-state index contributed by atoms with van der Waals surface area (Å²) in [5, 5.41) is 0. The molecule has 118 valence electrons. The summed E-state index contributed by atoms with van der Waals surface area (Å²) >= 11 is 0. The third kappa shape index (κ3) is 4.01. The van der Waals surface area contributed by atoms with Crippen LogP contribution in [0, 0.1) is 13.8 Å². The van der Waals surface area contributed by atoms with Gasteiger partial charge in [0.25, 0.3) is 0 Å². The number of hydrogen-bond acceptors (Lipinski definition) is 1. The van der Waals surface area contributed by atoms with E-state index >= 15 is 0 Å². The topological polar surface area (TPSA) is 26.0 Å². The Kier molecular flexibility index (Phi) is 5.23. The van der Waals surface area contributed by atoms with Gasteiger partial charge in [-0.15, -0.1) is 0 Å². The van der Waals surface area contributed by atoms with E-state index in [1.807, 2.05) is 30.3 Å². The van der Waals surface area contributed by atoms with Crippen molar-refractivity contribution in [3.63, 3.8) is 0 Å². The molecular formula is C22H25N. The molecule has 0 radical (unpaired) electrons. The Morgan fingerprint density at radius 2 is 1.65 bits per heavy atom. The maximum absolute atomic E-state index is 5.79. The fourth-order valence-corrected chi connectivity index (χ4v) is 2.61. The van der Waals surface area contributed by atoms with E-state index in [4.69, 9.17) is 5.73 Å². The number of nitrogen functional groups attached to an aromatic ring is 1. The van der Waals surface area contributed by atoms with Crippen molar-refractivity contribution in [2.75, 3.05) is 5.73 Å². The summed E-state index contributed by atoms with van der Waals surface area (Å²) < 4.78 is 0. The normalized spacial score (nSPS) is 11.2. The average molecular weight is 303 g/mol. The van der Waals surface area contributed by atoms with Crippen LogP contribution >= 0.6 is 0 Å². The molecule has 23 heavy (non-hydrogen) atoms. The molecule has 2 aromatic carbocycles. The number of allylic oxidation sites excluding steroid dienone is 5. The van der Waals surface area contributed by atoms with Gasteiger partial charge in [-0.3, -0.25) is 0 Å². The Balaban J connectivity index is 2.58. The smallest absolute Gasteiger partial charge is 0.0314 e. The molecule has 2 rings (SSSR count). The predicted octanol–water partition coefficient (Wildman–Crippen LogP) is 5.95. The van der Waals surface area contributed by atoms with E-state index in [9.17, 15) is 0 Å². The van der Waals surface area contributed by atoms with Crippen LogP contribution in [0.5, 0.6) is 0 Å². The molecule has 0 saturated carbocycles. The average Bonchev–Trinajstić information content (AvgIpc) is 2.52. The molecule has 1 nitrogen and oxygen atoms in total. The van der Waals surface area contributed by atoms with E-state index in [0.717, 1.165) is 16.8 Å². The molecule has 0 aliphatic carbocycles. The molecule has 0 fully saturated rings. The second kappa shape index (κ2) is 7.15. The Morgan fingerprint density at radius 1 is 1.00 bits per heavy atom. The van der Waals surface area contributed by atoms with Gasteiger partial charge in [0.05, 0.1) is 0 Å². The fraction of sp³-hybridized carbons (Fsp3) is 0.182. The number of benzene rings is 2. The molecule has 2 N–H and O–H groups in total. The summed E-state index contributed by atoms with van der Waals surface area (Å²) in [6.07, 6.45) is 4.12. The SMILES string of the molecule is C=C/C(=C\C(=C(C)C)c1cc(C)ccc1C)c1ccc(N)cc1. The van der Waals surface area contributed by atoms with Crippen LogP contribution in [0.15, 0.2) is 66.8 Å². The monoisotopic (exact) mass is 303 g/mol. The van der Waals surface area contributed by atoms with E-state index < -0.39 is 0 Å². The van der Waals surface area contributed by atoms with E-state index in [1.54, 1.807) is 0 Å². The highest BCUT2D eigenvalue weighted by atomic mass is 14.5. The fourth-order valence-electron chi connectivity index (χ4n) is 2.61. The second-order valence-corrected chi connectivity index (χ2v) is 6.16. The number of aryl methyl sites for hydroxylation is 2. The van der Waals surface area contributed by atoms with Crippen LogP contribution in [0.4, 0.5) is 5.69 Å². The van der Waals surface area contributed by atoms with Crippen molar-refractivity contribution in [3.05, 3.63) is 89.0 Å². The molecule has 0 aliphatic rings. The van der Waals surface area contributed by atoms with Crippen molar-refractivity contribution in [2.24, 2.45) is 0 Å². The van der Waals surface area contributed by atoms with Gasteiger partial charge in [0.15, 0.2) is 0 Å². The molecule has 0 atom stereocenters. The van der Waals surface area contributed by atoms with Gasteiger partial charge in [0.2, 0.25) is 0 Å². The molecule has 0 aromatic heterocycles. The molecule has 0 heterocycles. The highest BCUT2D eigenvalue weighted by molar-refractivity contribution is 5.89. The van der Waals surface area contributed by atoms with Crippen LogP contribution < -0.4 is 5.73 Å². The van der Waals surface area contributed by atoms with Crippen LogP contribution in [-0.2, 0) is 0 Å². The first-order valence-corrected chi connectivity index (χ1v) is 7.87. The summed E-state index contributed by atoms with van der Waals surface area (Å²) in [6.45, 7) is 12.6. The van der Waals surface area contributed by atoms with Crippen LogP contribution in [0.2, 0.25) is 0 Å². The van der Waals surface area contributed by atoms with Crippen molar-refractivity contribution < 1.29 is 0 Å². The highest BCUT2D eigenvalue weighted by Gasteiger charge is 2.07. The van der Waals surface area contributed by atoms with Crippen molar-refractivity contribution in [2.45, 2.75) is 27.7 Å². The van der Waals surface area contributed by atoms with E-state index in [0.29, 0.717) is 0 Å². The molecule has 0 aliphatic heterocycles. The first-order valence-electron chi connectivity index (χ1n) is 7.87. The zero-order chi connectivity index (χ0) is 17.0. The van der Waals surface area contributed by atoms with E-state index in [1.165, 1.54) is 27.8 Å². The third-order valence-corrected chi connectivity index (χ3v) is 3.99. The lowest BCUT2D eigenvalue weighted by Gasteiger charge is -2.13. The first-order chi connectivity index (χ1) is 10.9. The van der Waals surface area contributed by atoms with Gasteiger partial charge < -0.3 is 5.73 Å². The van der Waals surface area contributed by atoms with Crippen molar-refractivity contribution in [1.29, 1.82) is 0 Å². The van der Waals surface area contributed by atoms with Gasteiger partial charge in [0, 0.05) is 5.69 Å². The van der Waals surface area contributed by atoms with Crippen molar-refractivity contribution in [1.82, 2.24) is 0 Å². The summed E-state index contributed by atoms with van der Waals surface area (Å²) in [7, 11) is 0. The van der Waals surface area contributed by atoms with Crippen LogP contribution in [0.1, 0.15) is 36.1 Å². The summed E-state index contributed by atoms with van der Waals surface area (Å²) in [5.74, 6) is 0. The number of nitrogens with two attached hydrogens (primary N) is 1. The van der Waals surface area contributed by atoms with E-state index in [-0.39, 0.29) is 0 Å². The Hall–Kier alpha value is -2.54. The standard InChI is InChI=1S/C22H25N/c1-6-18(19-9-11-20(23)12-10-19)14-21(15(2)3)22-13-16(4)7-8-17(22)5/h6-14H,1,23H2,2-5H3/b18-14+. The zero-order valence-corrected chi connectivity index (χ0v) is 14.5. The number of hydrogen-bond donors (Lipinski definition) is 1. The molecule has 1 heteroatoms. The third-order valence-electron chi connectivity index (χ3n) is 3.99. The maximum Gasteiger partial charge on any atom is 0.0314 e. The Labute approximate surface area is 139 Å². The van der Waals surface area contributed by atoms with Gasteiger partial charge >= 0.3 is 0 Å². The molecule has 2 aromatic rings. The van der Waals surface area contributed by atoms with Crippen molar-refractivity contribution >= 4 is 16.8 Å². The van der Waals surface area contributed by atoms with Gasteiger partial charge in [-0.1, -0.05) is 54.1 Å². The second-order valence-electron chi connectivity index (χ2n) is 6.16. The minimum absolute atomic E-state index is 0.772. The van der Waals surface area contributed by atoms with Gasteiger partial charge in [-0.05, 0) is 73.7 Å². The lowest BCUT2D eigenvalue weighted by atomic mass is 9.92. The predicted molar refractivity (Wildman–Crippen MR) is 103 cm³/mol. The summed E-state index contributed by atoms with van der Waals surface area (Å²) in [4.78, 5) is 0. The van der Waals surface area contributed by atoms with Gasteiger partial charge in [-0.25, -0.2) is 0 Å². The minimum Gasteiger partial charge on any atom is -0.399 e. The molecule has 0 spiro atoms. The quantitative estimate of drug-likeness (QED) is 0.548. The molecular weight excluding hydrogens is 278 g/mol. The van der Waals surface area contributed by atoms with Crippen LogP contribution in [0.25, 0.3) is 11.1 Å². The summed E-state index contributed by atoms with van der Waals surface area (Å²) in [5.41, 5.74) is 15.1. The molecule has 0 amide bonds. The maximum atomic E-state index is 5.79. The highest BCUT2D eigenvalue weighted by Crippen LogP contribution is 2.29. The lowest BCUT2D eigenvalue weighted by molar-refractivity contribution is 1.33. The Bertz CT molecular complexity index is 770. The largest absolute Gasteiger partial charge is 0.399 e. The summed E-state index contributed by atoms with van der Waals surface area (Å²) in [6, 6.07) is 14.5. The first kappa shape index (κ1) is 16.8. The van der Waals surface area contributed by atoms with Gasteiger partial charge in [0.1, 0.15) is 0 Å². The number of rotatable bonds is 4. The molecule has 0 unspecified atom stereocenters. The molecule has 0 bridgehead atoms. The molecule has 0 saturated heterocycles. The van der Waals surface area contributed by atoms with Gasteiger partial charge in [-0.2, -0.15) is 0 Å². The van der Waals surface area contributed by atoms with Crippen LogP contribution in [0.3, 0.4) is 0 Å². The number of anilines is 1.